The van der Waals surface area contributed by atoms with Crippen molar-refractivity contribution in [1.82, 2.24) is 5.32 Å². The summed E-state index contributed by atoms with van der Waals surface area (Å²) in [6, 6.07) is 7.81. The molecule has 1 aliphatic rings. The van der Waals surface area contributed by atoms with E-state index in [-0.39, 0.29) is 12.1 Å². The van der Waals surface area contributed by atoms with E-state index in [0.29, 0.717) is 12.8 Å². The van der Waals surface area contributed by atoms with Crippen molar-refractivity contribution in [1.29, 1.82) is 0 Å². The van der Waals surface area contributed by atoms with E-state index in [2.05, 4.69) is 5.32 Å². The predicted molar refractivity (Wildman–Crippen MR) is 75.9 cm³/mol. The van der Waals surface area contributed by atoms with E-state index in [1.54, 1.807) is 18.2 Å². The lowest BCUT2D eigenvalue weighted by atomic mass is 9.94. The minimum absolute atomic E-state index is 0.0142. The second kappa shape index (κ2) is 6.64. The summed E-state index contributed by atoms with van der Waals surface area (Å²) >= 11 is 0. The maximum atomic E-state index is 14.0. The zero-order valence-electron chi connectivity index (χ0n) is 11.7. The largest absolute Gasteiger partial charge is 0.389 e. The molecule has 0 atom stereocenters. The van der Waals surface area contributed by atoms with E-state index in [4.69, 9.17) is 0 Å². The summed E-state index contributed by atoms with van der Waals surface area (Å²) in [4.78, 5) is 0. The van der Waals surface area contributed by atoms with Gasteiger partial charge in [-0.05, 0) is 12.8 Å². The van der Waals surface area contributed by atoms with E-state index in [1.165, 1.54) is 12.1 Å². The minimum atomic E-state index is -2.90. The molecule has 0 heterocycles. The Bertz CT molecular complexity index is 400. The molecule has 1 aliphatic carbocycles. The first-order valence-electron chi connectivity index (χ1n) is 7.38. The number of alkyl halides is 2. The zero-order chi connectivity index (χ0) is 14.5. The minimum Gasteiger partial charge on any atom is -0.389 e. The van der Waals surface area contributed by atoms with Crippen molar-refractivity contribution < 1.29 is 13.9 Å². The number of hydrogen-bond donors (Lipinski definition) is 2. The van der Waals surface area contributed by atoms with Crippen LogP contribution in [-0.2, 0) is 5.92 Å². The van der Waals surface area contributed by atoms with Gasteiger partial charge >= 0.3 is 0 Å². The standard InChI is InChI=1S/C16H23F2NO/c17-16(18,14-8-4-3-5-9-14)13-19-12-15(20)10-6-1-2-7-11-15/h3-5,8-9,19-20H,1-2,6-7,10-13H2. The normalized spacial score (nSPS) is 19.6. The molecule has 2 rings (SSSR count). The molecular weight excluding hydrogens is 260 g/mol. The first-order valence-corrected chi connectivity index (χ1v) is 7.38. The molecule has 2 N–H and O–H groups in total. The Balaban J connectivity index is 1.85. The van der Waals surface area contributed by atoms with Crippen LogP contribution in [0.2, 0.25) is 0 Å². The maximum absolute atomic E-state index is 14.0. The van der Waals surface area contributed by atoms with Crippen molar-refractivity contribution in [2.24, 2.45) is 0 Å². The van der Waals surface area contributed by atoms with E-state index in [0.717, 1.165) is 25.7 Å². The van der Waals surface area contributed by atoms with E-state index < -0.39 is 18.1 Å². The van der Waals surface area contributed by atoms with Gasteiger partial charge in [0.1, 0.15) is 0 Å². The quantitative estimate of drug-likeness (QED) is 0.811. The highest BCUT2D eigenvalue weighted by Crippen LogP contribution is 2.29. The van der Waals surface area contributed by atoms with Gasteiger partial charge in [0.15, 0.2) is 0 Å². The lowest BCUT2D eigenvalue weighted by Crippen LogP contribution is -2.43. The SMILES string of the molecule is OC1(CNCC(F)(F)c2ccccc2)CCCCCC1. The Morgan fingerprint density at radius 1 is 1.05 bits per heavy atom. The highest BCUT2D eigenvalue weighted by molar-refractivity contribution is 5.20. The van der Waals surface area contributed by atoms with E-state index in [1.807, 2.05) is 0 Å². The number of nitrogens with one attached hydrogen (secondary N) is 1. The molecule has 0 unspecified atom stereocenters. The summed E-state index contributed by atoms with van der Waals surface area (Å²) in [5, 5.41) is 13.2. The third kappa shape index (κ3) is 4.25. The van der Waals surface area contributed by atoms with Gasteiger partial charge in [0.25, 0.3) is 5.92 Å². The van der Waals surface area contributed by atoms with E-state index in [9.17, 15) is 13.9 Å². The summed E-state index contributed by atoms with van der Waals surface area (Å²) in [7, 11) is 0. The number of halogens is 2. The van der Waals surface area contributed by atoms with E-state index >= 15 is 0 Å². The van der Waals surface area contributed by atoms with Gasteiger partial charge in [-0.1, -0.05) is 56.0 Å². The summed E-state index contributed by atoms with van der Waals surface area (Å²) in [6.07, 6.45) is 5.62. The van der Waals surface area contributed by atoms with Crippen LogP contribution in [0.15, 0.2) is 30.3 Å². The predicted octanol–water partition coefficient (Wildman–Crippen LogP) is 3.45. The molecule has 1 fully saturated rings. The van der Waals surface area contributed by atoms with Gasteiger partial charge in [0, 0.05) is 12.1 Å². The Kier molecular flexibility index (Phi) is 5.11. The molecule has 0 radical (unpaired) electrons. The lowest BCUT2D eigenvalue weighted by Gasteiger charge is -2.28. The molecule has 0 saturated heterocycles. The van der Waals surface area contributed by atoms with Gasteiger partial charge in [-0.25, -0.2) is 0 Å². The third-order valence-corrected chi connectivity index (χ3v) is 4.03. The van der Waals surface area contributed by atoms with Crippen molar-refractivity contribution in [2.45, 2.75) is 50.0 Å². The fourth-order valence-corrected chi connectivity index (χ4v) is 2.80. The van der Waals surface area contributed by atoms with Crippen LogP contribution in [0, 0.1) is 0 Å². The fraction of sp³-hybridized carbons (Fsp3) is 0.625. The van der Waals surface area contributed by atoms with Gasteiger partial charge in [-0.3, -0.25) is 0 Å². The van der Waals surface area contributed by atoms with Gasteiger partial charge in [-0.15, -0.1) is 0 Å². The molecule has 0 bridgehead atoms. The number of rotatable bonds is 5. The summed E-state index contributed by atoms with van der Waals surface area (Å²) in [6.45, 7) is -0.186. The summed E-state index contributed by atoms with van der Waals surface area (Å²) in [5.41, 5.74) is -0.802. The van der Waals surface area contributed by atoms with Gasteiger partial charge < -0.3 is 10.4 Å². The molecule has 0 aromatic heterocycles. The average molecular weight is 283 g/mol. The Morgan fingerprint density at radius 2 is 1.65 bits per heavy atom. The Morgan fingerprint density at radius 3 is 2.25 bits per heavy atom. The Hall–Kier alpha value is -1.00. The molecule has 0 aliphatic heterocycles. The maximum Gasteiger partial charge on any atom is 0.285 e. The average Bonchev–Trinajstić information content (AvgIpc) is 2.65. The second-order valence-corrected chi connectivity index (χ2v) is 5.81. The fourth-order valence-electron chi connectivity index (χ4n) is 2.80. The number of benzene rings is 1. The summed E-state index contributed by atoms with van der Waals surface area (Å²) in [5.74, 6) is -2.90. The Labute approximate surface area is 119 Å². The molecule has 0 amide bonds. The highest BCUT2D eigenvalue weighted by Gasteiger charge is 2.33. The molecule has 20 heavy (non-hydrogen) atoms. The molecule has 1 saturated carbocycles. The zero-order valence-corrected chi connectivity index (χ0v) is 11.7. The molecule has 112 valence electrons. The van der Waals surface area contributed by atoms with Crippen LogP contribution in [-0.4, -0.2) is 23.8 Å². The molecule has 4 heteroatoms. The molecule has 1 aromatic rings. The van der Waals surface area contributed by atoms with Crippen LogP contribution in [0.5, 0.6) is 0 Å². The van der Waals surface area contributed by atoms with Crippen molar-refractivity contribution in [3.63, 3.8) is 0 Å². The van der Waals surface area contributed by atoms with Crippen molar-refractivity contribution in [2.75, 3.05) is 13.1 Å². The van der Waals surface area contributed by atoms with Gasteiger partial charge in [0.05, 0.1) is 12.1 Å². The van der Waals surface area contributed by atoms with Crippen LogP contribution >= 0.6 is 0 Å². The first-order chi connectivity index (χ1) is 9.52. The van der Waals surface area contributed by atoms with Crippen LogP contribution in [0.3, 0.4) is 0 Å². The first kappa shape index (κ1) is 15.4. The van der Waals surface area contributed by atoms with Gasteiger partial charge in [-0.2, -0.15) is 8.78 Å². The van der Waals surface area contributed by atoms with Gasteiger partial charge in [0.2, 0.25) is 0 Å². The summed E-state index contributed by atoms with van der Waals surface area (Å²) < 4.78 is 27.9. The number of aliphatic hydroxyl groups is 1. The topological polar surface area (TPSA) is 32.3 Å². The number of hydrogen-bond acceptors (Lipinski definition) is 2. The third-order valence-electron chi connectivity index (χ3n) is 4.03. The van der Waals surface area contributed by atoms with Crippen molar-refractivity contribution in [3.05, 3.63) is 35.9 Å². The smallest absolute Gasteiger partial charge is 0.285 e. The molecular formula is C16H23F2NO. The van der Waals surface area contributed by atoms with Crippen molar-refractivity contribution in [3.8, 4) is 0 Å². The second-order valence-electron chi connectivity index (χ2n) is 5.81. The monoisotopic (exact) mass is 283 g/mol. The lowest BCUT2D eigenvalue weighted by molar-refractivity contribution is -0.0180. The highest BCUT2D eigenvalue weighted by atomic mass is 19.3. The van der Waals surface area contributed by atoms with Crippen LogP contribution in [0.4, 0.5) is 8.78 Å². The van der Waals surface area contributed by atoms with Crippen LogP contribution < -0.4 is 5.32 Å². The van der Waals surface area contributed by atoms with Crippen molar-refractivity contribution >= 4 is 0 Å². The molecule has 0 spiro atoms. The van der Waals surface area contributed by atoms with Crippen LogP contribution in [0.25, 0.3) is 0 Å². The van der Waals surface area contributed by atoms with Crippen LogP contribution in [0.1, 0.15) is 44.1 Å². The molecule has 1 aromatic carbocycles. The molecule has 2 nitrogen and oxygen atoms in total.